The molecule has 1 fully saturated rings. The van der Waals surface area contributed by atoms with Gasteiger partial charge in [0.15, 0.2) is 0 Å². The third-order valence-electron chi connectivity index (χ3n) is 4.64. The second-order valence-electron chi connectivity index (χ2n) is 6.33. The quantitative estimate of drug-likeness (QED) is 0.810. The molecule has 0 bridgehead atoms. The minimum absolute atomic E-state index is 0.0144. The maximum absolute atomic E-state index is 12.7. The molecule has 2 heterocycles. The third kappa shape index (κ3) is 4.64. The summed E-state index contributed by atoms with van der Waals surface area (Å²) >= 11 is 1.69. The van der Waals surface area contributed by atoms with Crippen molar-refractivity contribution in [2.24, 2.45) is 0 Å². The first-order valence-corrected chi connectivity index (χ1v) is 9.79. The van der Waals surface area contributed by atoms with E-state index in [0.717, 1.165) is 25.1 Å². The maximum atomic E-state index is 12.7. The first-order valence-electron chi connectivity index (χ1n) is 8.91. The van der Waals surface area contributed by atoms with Gasteiger partial charge in [0.25, 0.3) is 5.91 Å². The van der Waals surface area contributed by atoms with Gasteiger partial charge in [-0.15, -0.1) is 11.3 Å². The van der Waals surface area contributed by atoms with Crippen LogP contribution in [0.25, 0.3) is 0 Å². The van der Waals surface area contributed by atoms with Crippen LogP contribution in [0.3, 0.4) is 0 Å². The summed E-state index contributed by atoms with van der Waals surface area (Å²) in [5.74, 6) is 0.928. The Labute approximate surface area is 158 Å². The van der Waals surface area contributed by atoms with Gasteiger partial charge in [0.1, 0.15) is 5.75 Å². The van der Waals surface area contributed by atoms with Crippen LogP contribution < -0.4 is 4.74 Å². The van der Waals surface area contributed by atoms with E-state index in [2.05, 4.69) is 6.07 Å². The molecule has 1 saturated heterocycles. The van der Waals surface area contributed by atoms with Gasteiger partial charge in [-0.1, -0.05) is 6.07 Å². The van der Waals surface area contributed by atoms with Gasteiger partial charge in [0.05, 0.1) is 7.11 Å². The van der Waals surface area contributed by atoms with Crippen molar-refractivity contribution in [1.82, 2.24) is 9.80 Å². The van der Waals surface area contributed by atoms with Crippen molar-refractivity contribution in [2.75, 3.05) is 33.3 Å². The number of methoxy groups -OCH3 is 1. The fourth-order valence-corrected chi connectivity index (χ4v) is 3.84. The van der Waals surface area contributed by atoms with Gasteiger partial charge in [0.2, 0.25) is 5.91 Å². The highest BCUT2D eigenvalue weighted by Gasteiger charge is 2.22. The van der Waals surface area contributed by atoms with Crippen LogP contribution in [0.4, 0.5) is 0 Å². The lowest BCUT2D eigenvalue weighted by atomic mass is 10.2. The van der Waals surface area contributed by atoms with Crippen molar-refractivity contribution >= 4 is 23.2 Å². The summed E-state index contributed by atoms with van der Waals surface area (Å²) in [4.78, 5) is 30.1. The number of hydrogen-bond acceptors (Lipinski definition) is 4. The van der Waals surface area contributed by atoms with Crippen LogP contribution in [0.1, 0.15) is 28.1 Å². The van der Waals surface area contributed by atoms with E-state index in [1.807, 2.05) is 21.2 Å². The van der Waals surface area contributed by atoms with Crippen LogP contribution >= 0.6 is 11.3 Å². The zero-order valence-corrected chi connectivity index (χ0v) is 15.8. The molecular formula is C20H24N2O3S. The Kier molecular flexibility index (Phi) is 6.28. The van der Waals surface area contributed by atoms with Crippen molar-refractivity contribution in [2.45, 2.75) is 19.3 Å². The lowest BCUT2D eigenvalue weighted by molar-refractivity contribution is -0.131. The van der Waals surface area contributed by atoms with Crippen LogP contribution in [-0.4, -0.2) is 54.9 Å². The number of rotatable bonds is 5. The number of ether oxygens (including phenoxy) is 1. The van der Waals surface area contributed by atoms with Crippen molar-refractivity contribution in [3.63, 3.8) is 0 Å². The molecule has 0 atom stereocenters. The SMILES string of the molecule is COc1ccc(C(=O)N2CCCN(C(=O)CCc3cccs3)CC2)cc1. The van der Waals surface area contributed by atoms with Crippen molar-refractivity contribution in [1.29, 1.82) is 0 Å². The second-order valence-corrected chi connectivity index (χ2v) is 7.37. The van der Waals surface area contributed by atoms with Crippen LogP contribution in [0.5, 0.6) is 5.75 Å². The largest absolute Gasteiger partial charge is 0.497 e. The summed E-state index contributed by atoms with van der Waals surface area (Å²) in [7, 11) is 1.61. The molecule has 1 aliphatic heterocycles. The Morgan fingerprint density at radius 3 is 2.46 bits per heavy atom. The average molecular weight is 372 g/mol. The van der Waals surface area contributed by atoms with Crippen molar-refractivity contribution in [3.05, 3.63) is 52.2 Å². The lowest BCUT2D eigenvalue weighted by Gasteiger charge is -2.22. The van der Waals surface area contributed by atoms with Crippen LogP contribution in [-0.2, 0) is 11.2 Å². The van der Waals surface area contributed by atoms with E-state index >= 15 is 0 Å². The Bertz CT molecular complexity index is 728. The number of nitrogens with zero attached hydrogens (tertiary/aromatic N) is 2. The first-order chi connectivity index (χ1) is 12.7. The summed E-state index contributed by atoms with van der Waals surface area (Å²) in [5.41, 5.74) is 0.656. The van der Waals surface area contributed by atoms with Crippen molar-refractivity contribution in [3.8, 4) is 5.75 Å². The van der Waals surface area contributed by atoms with Crippen LogP contribution in [0.15, 0.2) is 41.8 Å². The predicted molar refractivity (Wildman–Crippen MR) is 103 cm³/mol. The molecule has 3 rings (SSSR count). The Morgan fingerprint density at radius 1 is 1.04 bits per heavy atom. The van der Waals surface area contributed by atoms with Gasteiger partial charge in [-0.2, -0.15) is 0 Å². The number of thiophene rings is 1. The third-order valence-corrected chi connectivity index (χ3v) is 5.57. The fourth-order valence-electron chi connectivity index (χ4n) is 3.13. The predicted octanol–water partition coefficient (Wildman–Crippen LogP) is 3.06. The van der Waals surface area contributed by atoms with E-state index in [4.69, 9.17) is 4.74 Å². The lowest BCUT2D eigenvalue weighted by Crippen LogP contribution is -2.37. The van der Waals surface area contributed by atoms with E-state index in [1.54, 1.807) is 42.7 Å². The minimum Gasteiger partial charge on any atom is -0.497 e. The molecule has 138 valence electrons. The molecule has 2 amide bonds. The molecule has 6 heteroatoms. The molecule has 0 saturated carbocycles. The monoisotopic (exact) mass is 372 g/mol. The Balaban J connectivity index is 1.53. The molecule has 1 aromatic heterocycles. The van der Waals surface area contributed by atoms with E-state index in [9.17, 15) is 9.59 Å². The van der Waals surface area contributed by atoms with E-state index in [1.165, 1.54) is 4.88 Å². The molecule has 0 N–H and O–H groups in total. The molecule has 0 aliphatic carbocycles. The standard InChI is InChI=1S/C20H24N2O3S/c1-25-17-7-5-16(6-8-17)20(24)22-12-3-11-21(13-14-22)19(23)10-9-18-4-2-15-26-18/h2,4-8,15H,3,9-14H2,1H3. The smallest absolute Gasteiger partial charge is 0.253 e. The first kappa shape index (κ1) is 18.5. The summed E-state index contributed by atoms with van der Waals surface area (Å²) in [5, 5.41) is 2.04. The summed E-state index contributed by atoms with van der Waals surface area (Å²) < 4.78 is 5.14. The number of hydrogen-bond donors (Lipinski definition) is 0. The summed E-state index contributed by atoms with van der Waals surface area (Å²) in [6, 6.07) is 11.2. The molecule has 5 nitrogen and oxygen atoms in total. The molecule has 0 spiro atoms. The highest BCUT2D eigenvalue weighted by atomic mass is 32.1. The molecule has 1 aliphatic rings. The van der Waals surface area contributed by atoms with E-state index < -0.39 is 0 Å². The average Bonchev–Trinajstić information content (AvgIpc) is 3.08. The van der Waals surface area contributed by atoms with Gasteiger partial charge in [-0.3, -0.25) is 9.59 Å². The van der Waals surface area contributed by atoms with Crippen LogP contribution in [0.2, 0.25) is 0 Å². The highest BCUT2D eigenvalue weighted by molar-refractivity contribution is 7.09. The normalized spacial score (nSPS) is 14.8. The number of amides is 2. The van der Waals surface area contributed by atoms with E-state index in [0.29, 0.717) is 31.6 Å². The van der Waals surface area contributed by atoms with Gasteiger partial charge in [-0.25, -0.2) is 0 Å². The number of benzene rings is 1. The maximum Gasteiger partial charge on any atom is 0.253 e. The molecule has 2 aromatic rings. The summed E-state index contributed by atoms with van der Waals surface area (Å²) in [6.45, 7) is 2.58. The van der Waals surface area contributed by atoms with Gasteiger partial charge < -0.3 is 14.5 Å². The number of carbonyl (C=O) groups excluding carboxylic acids is 2. The summed E-state index contributed by atoms with van der Waals surface area (Å²) in [6.07, 6.45) is 2.14. The van der Waals surface area contributed by atoms with Crippen LogP contribution in [0, 0.1) is 0 Å². The molecule has 26 heavy (non-hydrogen) atoms. The highest BCUT2D eigenvalue weighted by Crippen LogP contribution is 2.16. The topological polar surface area (TPSA) is 49.9 Å². The van der Waals surface area contributed by atoms with Gasteiger partial charge >= 0.3 is 0 Å². The second kappa shape index (κ2) is 8.85. The minimum atomic E-state index is 0.0144. The molecule has 0 radical (unpaired) electrons. The van der Waals surface area contributed by atoms with Crippen molar-refractivity contribution < 1.29 is 14.3 Å². The molecular weight excluding hydrogens is 348 g/mol. The van der Waals surface area contributed by atoms with E-state index in [-0.39, 0.29) is 11.8 Å². The zero-order chi connectivity index (χ0) is 18.4. The zero-order valence-electron chi connectivity index (χ0n) is 15.0. The van der Waals surface area contributed by atoms with Gasteiger partial charge in [0, 0.05) is 43.0 Å². The fraction of sp³-hybridized carbons (Fsp3) is 0.400. The Morgan fingerprint density at radius 2 is 1.77 bits per heavy atom. The van der Waals surface area contributed by atoms with Gasteiger partial charge in [-0.05, 0) is 48.6 Å². The number of aryl methyl sites for hydroxylation is 1. The molecule has 0 unspecified atom stereocenters. The Hall–Kier alpha value is -2.34. The number of carbonyl (C=O) groups is 2. The molecule has 1 aromatic carbocycles.